The predicted molar refractivity (Wildman–Crippen MR) is 78.8 cm³/mol. The molecule has 0 saturated carbocycles. The molecule has 2 unspecified atom stereocenters. The molecule has 7 nitrogen and oxygen atoms in total. The Kier molecular flexibility index (Phi) is 6.58. The van der Waals surface area contributed by atoms with Crippen LogP contribution in [0.5, 0.6) is 0 Å². The predicted octanol–water partition coefficient (Wildman–Crippen LogP) is 0.257. The quantitative estimate of drug-likeness (QED) is 0.655. The van der Waals surface area contributed by atoms with E-state index < -0.39 is 21.7 Å². The van der Waals surface area contributed by atoms with E-state index in [0.29, 0.717) is 32.4 Å². The van der Waals surface area contributed by atoms with Crippen LogP contribution >= 0.6 is 0 Å². The molecular weight excluding hydrogens is 296 g/mol. The zero-order valence-corrected chi connectivity index (χ0v) is 13.8. The monoisotopic (exact) mass is 322 g/mol. The molecule has 1 aliphatic rings. The second kappa shape index (κ2) is 7.53. The molecule has 0 aromatic rings. The summed E-state index contributed by atoms with van der Waals surface area (Å²) < 4.78 is 33.1. The van der Waals surface area contributed by atoms with E-state index in [0.717, 1.165) is 0 Å². The largest absolute Gasteiger partial charge is 0.466 e. The average molecular weight is 322 g/mol. The summed E-state index contributed by atoms with van der Waals surface area (Å²) in [5.74, 6) is -0.764. The number of esters is 1. The number of aliphatic hydroxyl groups is 1. The fraction of sp³-hybridized carbons (Fsp3) is 0.923. The van der Waals surface area contributed by atoms with E-state index in [1.165, 1.54) is 4.31 Å². The van der Waals surface area contributed by atoms with E-state index in [4.69, 9.17) is 4.74 Å². The Morgan fingerprint density at radius 2 is 2.14 bits per heavy atom. The van der Waals surface area contributed by atoms with Gasteiger partial charge in [0, 0.05) is 19.6 Å². The second-order valence-electron chi connectivity index (χ2n) is 5.63. The number of hydrogen-bond donors (Lipinski definition) is 2. The molecule has 0 bridgehead atoms. The van der Waals surface area contributed by atoms with Gasteiger partial charge in [0.25, 0.3) is 10.2 Å². The first-order chi connectivity index (χ1) is 9.72. The highest BCUT2D eigenvalue weighted by Gasteiger charge is 2.33. The van der Waals surface area contributed by atoms with Crippen LogP contribution in [0.15, 0.2) is 0 Å². The van der Waals surface area contributed by atoms with Crippen LogP contribution < -0.4 is 4.72 Å². The SMILES string of the molecule is CCOC(=O)C1CCCN(S(=O)(=O)NCC(C)(O)CC)C1. The maximum Gasteiger partial charge on any atom is 0.310 e. The first-order valence-corrected chi connectivity index (χ1v) is 8.79. The molecule has 1 aliphatic heterocycles. The number of nitrogens with zero attached hydrogens (tertiary/aromatic N) is 1. The molecule has 0 aromatic carbocycles. The Labute approximate surface area is 126 Å². The Morgan fingerprint density at radius 1 is 1.48 bits per heavy atom. The molecule has 1 heterocycles. The zero-order valence-electron chi connectivity index (χ0n) is 13.0. The third-order valence-corrected chi connectivity index (χ3v) is 5.26. The van der Waals surface area contributed by atoms with Crippen molar-refractivity contribution >= 4 is 16.2 Å². The first kappa shape index (κ1) is 18.3. The van der Waals surface area contributed by atoms with E-state index >= 15 is 0 Å². The summed E-state index contributed by atoms with van der Waals surface area (Å²) >= 11 is 0. The van der Waals surface area contributed by atoms with Crippen LogP contribution in [0.3, 0.4) is 0 Å². The maximum atomic E-state index is 12.2. The lowest BCUT2D eigenvalue weighted by atomic mass is 10.0. The van der Waals surface area contributed by atoms with Crippen molar-refractivity contribution < 1.29 is 23.1 Å². The minimum absolute atomic E-state index is 0.0492. The fourth-order valence-electron chi connectivity index (χ4n) is 2.08. The van der Waals surface area contributed by atoms with Crippen LogP contribution in [-0.2, 0) is 19.7 Å². The third-order valence-electron chi connectivity index (χ3n) is 3.74. The number of nitrogens with one attached hydrogen (secondary N) is 1. The molecular formula is C13H26N2O5S. The molecule has 0 aliphatic carbocycles. The van der Waals surface area contributed by atoms with Gasteiger partial charge in [0.05, 0.1) is 18.1 Å². The van der Waals surface area contributed by atoms with Crippen LogP contribution in [0.25, 0.3) is 0 Å². The molecule has 8 heteroatoms. The maximum absolute atomic E-state index is 12.2. The number of piperidine rings is 1. The normalized spacial score (nSPS) is 23.5. The second-order valence-corrected chi connectivity index (χ2v) is 7.38. The lowest BCUT2D eigenvalue weighted by Gasteiger charge is -2.31. The average Bonchev–Trinajstić information content (AvgIpc) is 2.46. The van der Waals surface area contributed by atoms with E-state index in [-0.39, 0.29) is 19.1 Å². The van der Waals surface area contributed by atoms with Gasteiger partial charge in [0.1, 0.15) is 0 Å². The molecule has 21 heavy (non-hydrogen) atoms. The smallest absolute Gasteiger partial charge is 0.310 e. The van der Waals surface area contributed by atoms with Gasteiger partial charge in [0.2, 0.25) is 0 Å². The first-order valence-electron chi connectivity index (χ1n) is 7.35. The highest BCUT2D eigenvalue weighted by molar-refractivity contribution is 7.87. The summed E-state index contributed by atoms with van der Waals surface area (Å²) in [6, 6.07) is 0. The van der Waals surface area contributed by atoms with Crippen molar-refractivity contribution in [3.05, 3.63) is 0 Å². The summed E-state index contributed by atoms with van der Waals surface area (Å²) in [7, 11) is -3.69. The molecule has 1 saturated heterocycles. The highest BCUT2D eigenvalue weighted by atomic mass is 32.2. The Balaban J connectivity index is 2.64. The summed E-state index contributed by atoms with van der Waals surface area (Å²) in [6.45, 7) is 5.83. The van der Waals surface area contributed by atoms with Gasteiger partial charge < -0.3 is 9.84 Å². The summed E-state index contributed by atoms with van der Waals surface area (Å²) in [4.78, 5) is 11.7. The van der Waals surface area contributed by atoms with E-state index in [1.807, 2.05) is 0 Å². The Morgan fingerprint density at radius 3 is 2.71 bits per heavy atom. The van der Waals surface area contributed by atoms with Crippen LogP contribution in [0, 0.1) is 5.92 Å². The number of carbonyl (C=O) groups excluding carboxylic acids is 1. The van der Waals surface area contributed by atoms with Gasteiger partial charge >= 0.3 is 5.97 Å². The number of ether oxygens (including phenoxy) is 1. The van der Waals surface area contributed by atoms with Crippen LogP contribution in [0.4, 0.5) is 0 Å². The van der Waals surface area contributed by atoms with E-state index in [1.54, 1.807) is 20.8 Å². The van der Waals surface area contributed by atoms with Crippen molar-refractivity contribution in [2.45, 2.75) is 45.6 Å². The minimum Gasteiger partial charge on any atom is -0.466 e. The lowest BCUT2D eigenvalue weighted by molar-refractivity contribution is -0.149. The molecule has 0 radical (unpaired) electrons. The van der Waals surface area contributed by atoms with Gasteiger partial charge in [0.15, 0.2) is 0 Å². The third kappa shape index (κ3) is 5.54. The molecule has 124 valence electrons. The molecule has 2 atom stereocenters. The van der Waals surface area contributed by atoms with Gasteiger partial charge in [-0.2, -0.15) is 17.4 Å². The lowest BCUT2D eigenvalue weighted by Crippen LogP contribution is -2.50. The zero-order chi connectivity index (χ0) is 16.1. The molecule has 0 spiro atoms. The van der Waals surface area contributed by atoms with Crippen LogP contribution in [0.1, 0.15) is 40.0 Å². The molecule has 1 fully saturated rings. The van der Waals surface area contributed by atoms with Crippen molar-refractivity contribution in [1.29, 1.82) is 0 Å². The number of rotatable bonds is 7. The number of hydrogen-bond acceptors (Lipinski definition) is 5. The molecule has 0 aromatic heterocycles. The Hall–Kier alpha value is -0.700. The molecule has 1 rings (SSSR count). The summed E-state index contributed by atoms with van der Waals surface area (Å²) in [5, 5.41) is 9.88. The van der Waals surface area contributed by atoms with Gasteiger partial charge in [-0.25, -0.2) is 0 Å². The van der Waals surface area contributed by atoms with Crippen LogP contribution in [-0.4, -0.2) is 55.6 Å². The van der Waals surface area contributed by atoms with Gasteiger partial charge in [-0.3, -0.25) is 4.79 Å². The highest BCUT2D eigenvalue weighted by Crippen LogP contribution is 2.20. The van der Waals surface area contributed by atoms with Crippen molar-refractivity contribution in [1.82, 2.24) is 9.03 Å². The van der Waals surface area contributed by atoms with Crippen LogP contribution in [0.2, 0.25) is 0 Å². The molecule has 0 amide bonds. The van der Waals surface area contributed by atoms with Gasteiger partial charge in [-0.15, -0.1) is 0 Å². The summed E-state index contributed by atoms with van der Waals surface area (Å²) in [5.41, 5.74) is -1.08. The molecule has 2 N–H and O–H groups in total. The van der Waals surface area contributed by atoms with Gasteiger partial charge in [-0.05, 0) is 33.1 Å². The van der Waals surface area contributed by atoms with Gasteiger partial charge in [-0.1, -0.05) is 6.92 Å². The van der Waals surface area contributed by atoms with E-state index in [2.05, 4.69) is 4.72 Å². The summed E-state index contributed by atoms with van der Waals surface area (Å²) in [6.07, 6.45) is 1.70. The standard InChI is InChI=1S/C13H26N2O5S/c1-4-13(3,17)10-14-21(18,19)15-8-6-7-11(9-15)12(16)20-5-2/h11,14,17H,4-10H2,1-3H3. The Bertz CT molecular complexity index is 449. The topological polar surface area (TPSA) is 95.9 Å². The van der Waals surface area contributed by atoms with Crippen molar-refractivity contribution in [2.75, 3.05) is 26.2 Å². The van der Waals surface area contributed by atoms with Crippen molar-refractivity contribution in [3.63, 3.8) is 0 Å². The van der Waals surface area contributed by atoms with Crippen molar-refractivity contribution in [3.8, 4) is 0 Å². The van der Waals surface area contributed by atoms with Crippen molar-refractivity contribution in [2.24, 2.45) is 5.92 Å². The fourth-order valence-corrected chi connectivity index (χ4v) is 3.50. The number of carbonyl (C=O) groups is 1. The van der Waals surface area contributed by atoms with E-state index in [9.17, 15) is 18.3 Å². The minimum atomic E-state index is -3.69.